The smallest absolute Gasteiger partial charge is 0.387 e. The van der Waals surface area contributed by atoms with Crippen molar-refractivity contribution in [3.8, 4) is 5.75 Å². The summed E-state index contributed by atoms with van der Waals surface area (Å²) in [7, 11) is 0. The normalized spacial score (nSPS) is 26.2. The van der Waals surface area contributed by atoms with Gasteiger partial charge < -0.3 is 25.3 Å². The van der Waals surface area contributed by atoms with E-state index in [1.807, 2.05) is 0 Å². The monoisotopic (exact) mass is 483 g/mol. The predicted molar refractivity (Wildman–Crippen MR) is 114 cm³/mol. The zero-order valence-corrected chi connectivity index (χ0v) is 18.3. The number of nitrogens with two attached hydrogens (primary N) is 1. The maximum Gasteiger partial charge on any atom is 0.387 e. The minimum Gasteiger partial charge on any atom is -0.433 e. The van der Waals surface area contributed by atoms with Gasteiger partial charge in [0.05, 0.1) is 26.0 Å². The van der Waals surface area contributed by atoms with Crippen molar-refractivity contribution in [2.75, 3.05) is 30.9 Å². The van der Waals surface area contributed by atoms with Crippen molar-refractivity contribution >= 4 is 40.0 Å². The van der Waals surface area contributed by atoms with Gasteiger partial charge in [-0.15, -0.1) is 11.3 Å². The number of alkyl halides is 2. The van der Waals surface area contributed by atoms with Gasteiger partial charge in [-0.1, -0.05) is 11.8 Å². The van der Waals surface area contributed by atoms with Crippen LogP contribution < -0.4 is 15.8 Å². The van der Waals surface area contributed by atoms with Crippen LogP contribution in [0.5, 0.6) is 5.75 Å². The number of hydrogen-bond acceptors (Lipinski definition) is 10. The number of fused-ring (bicyclic) bond motifs is 1. The quantitative estimate of drug-likeness (QED) is 0.665. The third-order valence-electron chi connectivity index (χ3n) is 5.67. The molecule has 1 spiro atoms. The van der Waals surface area contributed by atoms with Gasteiger partial charge in [0.2, 0.25) is 0 Å². The molecule has 2 fully saturated rings. The third kappa shape index (κ3) is 3.93. The fourth-order valence-corrected chi connectivity index (χ4v) is 5.96. The highest BCUT2D eigenvalue weighted by Crippen LogP contribution is 2.51. The number of halogens is 2. The number of thiazole rings is 1. The average molecular weight is 484 g/mol. The Bertz CT molecular complexity index is 1050. The number of anilines is 1. The van der Waals surface area contributed by atoms with Gasteiger partial charge in [-0.3, -0.25) is 4.79 Å². The molecule has 2 aromatic rings. The van der Waals surface area contributed by atoms with Crippen LogP contribution in [0.4, 0.5) is 14.6 Å². The molecule has 0 aromatic carbocycles. The predicted octanol–water partition coefficient (Wildman–Crippen LogP) is 2.45. The molecule has 0 saturated carbocycles. The van der Waals surface area contributed by atoms with Gasteiger partial charge in [-0.05, 0) is 18.6 Å². The van der Waals surface area contributed by atoms with E-state index < -0.39 is 18.1 Å². The summed E-state index contributed by atoms with van der Waals surface area (Å²) in [6.07, 6.45) is 1.86. The minimum atomic E-state index is -2.96. The van der Waals surface area contributed by atoms with Crippen molar-refractivity contribution < 1.29 is 27.8 Å². The molecule has 1 amide bonds. The lowest BCUT2D eigenvalue weighted by atomic mass is 9.75. The van der Waals surface area contributed by atoms with Crippen LogP contribution in [-0.2, 0) is 15.0 Å². The number of hydrogen-bond donors (Lipinski definition) is 2. The van der Waals surface area contributed by atoms with Crippen LogP contribution in [0.3, 0.4) is 0 Å². The molecule has 2 aromatic heterocycles. The summed E-state index contributed by atoms with van der Waals surface area (Å²) < 4.78 is 40.3. The molecule has 9 nitrogen and oxygen atoms in total. The van der Waals surface area contributed by atoms with Gasteiger partial charge in [-0.25, -0.2) is 15.0 Å². The van der Waals surface area contributed by atoms with Gasteiger partial charge in [-0.2, -0.15) is 8.78 Å². The lowest BCUT2D eigenvalue weighted by molar-refractivity contribution is -0.249. The summed E-state index contributed by atoms with van der Waals surface area (Å²) >= 11 is 2.90. The molecular weight excluding hydrogens is 464 g/mol. The van der Waals surface area contributed by atoms with Crippen LogP contribution in [0.15, 0.2) is 28.7 Å². The molecule has 3 N–H and O–H groups in total. The number of pyridine rings is 1. The van der Waals surface area contributed by atoms with E-state index in [1.54, 1.807) is 5.38 Å². The Kier molecular flexibility index (Phi) is 5.51. The maximum atomic E-state index is 12.5. The van der Waals surface area contributed by atoms with Crippen molar-refractivity contribution in [1.82, 2.24) is 9.97 Å². The Labute approximate surface area is 189 Å². The van der Waals surface area contributed by atoms with E-state index in [1.165, 1.54) is 35.2 Å². The molecule has 32 heavy (non-hydrogen) atoms. The number of amidine groups is 1. The SMILES string of the molecule is NC1=N[C@@]2(c3nc(NC(=O)c4ccc(OC(F)F)cn4)cs3)COC3(COC3)C[C@H]2CS1. The average Bonchev–Trinajstić information content (AvgIpc) is 3.21. The van der Waals surface area contributed by atoms with Crippen LogP contribution in [-0.4, -0.2) is 58.8 Å². The van der Waals surface area contributed by atoms with E-state index in [0.29, 0.717) is 35.8 Å². The van der Waals surface area contributed by atoms with E-state index in [4.69, 9.17) is 20.2 Å². The molecule has 2 saturated heterocycles. The molecule has 2 atom stereocenters. The molecule has 13 heteroatoms. The summed E-state index contributed by atoms with van der Waals surface area (Å²) in [6, 6.07) is 2.55. The van der Waals surface area contributed by atoms with Crippen molar-refractivity contribution in [3.05, 3.63) is 34.4 Å². The molecule has 0 aliphatic carbocycles. The zero-order valence-electron chi connectivity index (χ0n) is 16.6. The molecule has 0 unspecified atom stereocenters. The summed E-state index contributed by atoms with van der Waals surface area (Å²) in [5.41, 5.74) is 5.15. The van der Waals surface area contributed by atoms with E-state index >= 15 is 0 Å². The topological polar surface area (TPSA) is 121 Å². The molecule has 3 aliphatic heterocycles. The number of nitrogens with zero attached hydrogens (tertiary/aromatic N) is 3. The van der Waals surface area contributed by atoms with Crippen molar-refractivity contribution in [3.63, 3.8) is 0 Å². The van der Waals surface area contributed by atoms with Gasteiger partial charge in [0.1, 0.15) is 33.4 Å². The highest BCUT2D eigenvalue weighted by Gasteiger charge is 2.56. The first-order valence-corrected chi connectivity index (χ1v) is 11.6. The van der Waals surface area contributed by atoms with E-state index in [0.717, 1.165) is 18.4 Å². The summed E-state index contributed by atoms with van der Waals surface area (Å²) in [5, 5.41) is 5.60. The maximum absolute atomic E-state index is 12.5. The van der Waals surface area contributed by atoms with E-state index in [2.05, 4.69) is 20.0 Å². The number of thioether (sulfide) groups is 1. The number of aliphatic imine (C=N–C) groups is 1. The molecule has 0 bridgehead atoms. The number of carbonyl (C=O) groups is 1. The second-order valence-electron chi connectivity index (χ2n) is 7.80. The highest BCUT2D eigenvalue weighted by molar-refractivity contribution is 8.13. The molecule has 0 radical (unpaired) electrons. The fraction of sp³-hybridized carbons (Fsp3) is 0.474. The lowest BCUT2D eigenvalue weighted by Crippen LogP contribution is -2.62. The second-order valence-corrected chi connectivity index (χ2v) is 9.70. The van der Waals surface area contributed by atoms with Crippen LogP contribution in [0.25, 0.3) is 0 Å². The number of ether oxygens (including phenoxy) is 3. The molecule has 170 valence electrons. The van der Waals surface area contributed by atoms with Crippen molar-refractivity contribution in [2.24, 2.45) is 16.6 Å². The lowest BCUT2D eigenvalue weighted by Gasteiger charge is -2.53. The van der Waals surface area contributed by atoms with Gasteiger partial charge in [0, 0.05) is 17.1 Å². The second kappa shape index (κ2) is 8.21. The molecule has 5 heterocycles. The van der Waals surface area contributed by atoms with Gasteiger partial charge in [0.15, 0.2) is 5.17 Å². The summed E-state index contributed by atoms with van der Waals surface area (Å²) in [6.45, 7) is -1.46. The first-order valence-electron chi connectivity index (χ1n) is 9.76. The Morgan fingerprint density at radius 3 is 2.88 bits per heavy atom. The largest absolute Gasteiger partial charge is 0.433 e. The zero-order chi connectivity index (χ0) is 22.3. The van der Waals surface area contributed by atoms with Crippen LogP contribution in [0.2, 0.25) is 0 Å². The van der Waals surface area contributed by atoms with Crippen LogP contribution in [0, 0.1) is 5.92 Å². The highest BCUT2D eigenvalue weighted by atomic mass is 32.2. The van der Waals surface area contributed by atoms with Crippen molar-refractivity contribution in [1.29, 1.82) is 0 Å². The Balaban J connectivity index is 1.33. The molecule has 5 rings (SSSR count). The van der Waals surface area contributed by atoms with E-state index in [9.17, 15) is 13.6 Å². The number of aromatic nitrogens is 2. The van der Waals surface area contributed by atoms with E-state index in [-0.39, 0.29) is 23.0 Å². The third-order valence-corrected chi connectivity index (χ3v) is 7.64. The van der Waals surface area contributed by atoms with Gasteiger partial charge in [0.25, 0.3) is 5.91 Å². The number of amides is 1. The Morgan fingerprint density at radius 1 is 1.34 bits per heavy atom. The fourth-order valence-electron chi connectivity index (χ4n) is 4.01. The first kappa shape index (κ1) is 21.5. The molecular formula is C19H19F2N5O4S2. The summed E-state index contributed by atoms with van der Waals surface area (Å²) in [4.78, 5) is 25.7. The van der Waals surface area contributed by atoms with Gasteiger partial charge >= 0.3 is 6.61 Å². The Morgan fingerprint density at radius 2 is 2.19 bits per heavy atom. The number of rotatable bonds is 5. The van der Waals surface area contributed by atoms with Crippen molar-refractivity contribution in [2.45, 2.75) is 24.2 Å². The first-order chi connectivity index (χ1) is 15.4. The van der Waals surface area contributed by atoms with Crippen LogP contribution in [0.1, 0.15) is 21.9 Å². The summed E-state index contributed by atoms with van der Waals surface area (Å²) in [5.74, 6) is 0.675. The van der Waals surface area contributed by atoms with Crippen LogP contribution >= 0.6 is 23.1 Å². The number of carbonyl (C=O) groups excluding carboxylic acids is 1. The Hall–Kier alpha value is -2.35. The standard InChI is InChI=1S/C19H19F2N5O4S2/c20-16(21)30-11-1-2-12(23-4-11)14(27)24-13-6-31-15(25-13)19-9-29-18(7-28-8-18)3-10(19)5-32-17(22)26-19/h1-2,4,6,10,16H,3,5,7-9H2,(H2,22,26)(H,24,27)/t10-,19-/m0/s1. The number of nitrogens with one attached hydrogen (secondary N) is 1. The minimum absolute atomic E-state index is 0.0430. The molecule has 3 aliphatic rings.